The van der Waals surface area contributed by atoms with Gasteiger partial charge in [0.25, 0.3) is 5.95 Å². The van der Waals surface area contributed by atoms with Gasteiger partial charge in [-0.25, -0.2) is 4.98 Å². The summed E-state index contributed by atoms with van der Waals surface area (Å²) in [4.78, 5) is 16.6. The molecule has 0 unspecified atom stereocenters. The Labute approximate surface area is 123 Å². The van der Waals surface area contributed by atoms with Gasteiger partial charge in [-0.2, -0.15) is 24.7 Å². The molecule has 0 aliphatic carbocycles. The molecule has 21 heavy (non-hydrogen) atoms. The molecule has 4 aromatic rings. The van der Waals surface area contributed by atoms with Gasteiger partial charge in [-0.15, -0.1) is 0 Å². The maximum atomic E-state index is 6.00. The van der Waals surface area contributed by atoms with Gasteiger partial charge in [0.15, 0.2) is 0 Å². The van der Waals surface area contributed by atoms with Crippen molar-refractivity contribution in [1.82, 2.24) is 34.3 Å². The van der Waals surface area contributed by atoms with Crippen molar-refractivity contribution in [2.45, 2.75) is 0 Å². The van der Waals surface area contributed by atoms with E-state index < -0.39 is 0 Å². The standard InChI is InChI=1S/C13H8ClN7/c14-11-17-12(20-6-5-15-8-20)19-13(18-11)21-10-4-2-1-3-9(10)7-16-21/h1-8H. The lowest BCUT2D eigenvalue weighted by molar-refractivity contribution is 0.791. The first-order valence-electron chi connectivity index (χ1n) is 6.14. The third-order valence-electron chi connectivity index (χ3n) is 2.99. The zero-order valence-corrected chi connectivity index (χ0v) is 11.4. The Morgan fingerprint density at radius 1 is 1.00 bits per heavy atom. The molecule has 0 saturated heterocycles. The number of hydrogen-bond donors (Lipinski definition) is 0. The largest absolute Gasteiger partial charge is 0.274 e. The van der Waals surface area contributed by atoms with Crippen molar-refractivity contribution >= 4 is 22.5 Å². The van der Waals surface area contributed by atoms with Crippen LogP contribution in [0, 0.1) is 0 Å². The number of imidazole rings is 1. The van der Waals surface area contributed by atoms with Crippen LogP contribution >= 0.6 is 11.6 Å². The molecule has 3 heterocycles. The second-order valence-electron chi connectivity index (χ2n) is 4.29. The minimum Gasteiger partial charge on any atom is -0.274 e. The molecular formula is C13H8ClN7. The minimum atomic E-state index is 0.100. The molecule has 0 amide bonds. The summed E-state index contributed by atoms with van der Waals surface area (Å²) in [7, 11) is 0. The van der Waals surface area contributed by atoms with Crippen LogP contribution in [0.4, 0.5) is 0 Å². The van der Waals surface area contributed by atoms with E-state index in [1.54, 1.807) is 34.2 Å². The topological polar surface area (TPSA) is 74.3 Å². The number of fused-ring (bicyclic) bond motifs is 1. The van der Waals surface area contributed by atoms with Crippen molar-refractivity contribution in [2.75, 3.05) is 0 Å². The van der Waals surface area contributed by atoms with Gasteiger partial charge < -0.3 is 0 Å². The quantitative estimate of drug-likeness (QED) is 0.566. The molecule has 3 aromatic heterocycles. The summed E-state index contributed by atoms with van der Waals surface area (Å²) < 4.78 is 3.28. The van der Waals surface area contributed by atoms with Crippen LogP contribution in [-0.4, -0.2) is 34.3 Å². The van der Waals surface area contributed by atoms with E-state index in [4.69, 9.17) is 11.6 Å². The number of aromatic nitrogens is 7. The lowest BCUT2D eigenvalue weighted by Gasteiger charge is -2.05. The fourth-order valence-corrected chi connectivity index (χ4v) is 2.20. The molecule has 1 aromatic carbocycles. The van der Waals surface area contributed by atoms with Crippen LogP contribution in [0.1, 0.15) is 0 Å². The third kappa shape index (κ3) is 2.03. The summed E-state index contributed by atoms with van der Waals surface area (Å²) in [6.07, 6.45) is 6.72. The molecule has 102 valence electrons. The summed E-state index contributed by atoms with van der Waals surface area (Å²) in [5.41, 5.74) is 0.899. The Hall–Kier alpha value is -2.80. The first-order chi connectivity index (χ1) is 10.3. The van der Waals surface area contributed by atoms with Gasteiger partial charge in [-0.3, -0.25) is 4.57 Å². The molecule has 0 aliphatic heterocycles. The summed E-state index contributed by atoms with van der Waals surface area (Å²) in [5.74, 6) is 0.752. The van der Waals surface area contributed by atoms with Crippen LogP contribution in [0.5, 0.6) is 0 Å². The van der Waals surface area contributed by atoms with Crippen LogP contribution in [0.3, 0.4) is 0 Å². The Balaban J connectivity index is 1.93. The Bertz CT molecular complexity index is 913. The van der Waals surface area contributed by atoms with Crippen molar-refractivity contribution < 1.29 is 0 Å². The maximum absolute atomic E-state index is 6.00. The number of nitrogens with zero attached hydrogens (tertiary/aromatic N) is 7. The van der Waals surface area contributed by atoms with E-state index in [2.05, 4.69) is 25.0 Å². The molecular weight excluding hydrogens is 290 g/mol. The number of halogens is 1. The van der Waals surface area contributed by atoms with E-state index in [-0.39, 0.29) is 5.28 Å². The van der Waals surface area contributed by atoms with Gasteiger partial charge in [0.2, 0.25) is 11.2 Å². The average molecular weight is 298 g/mol. The Morgan fingerprint density at radius 3 is 2.71 bits per heavy atom. The molecule has 0 bridgehead atoms. The van der Waals surface area contributed by atoms with Crippen LogP contribution < -0.4 is 0 Å². The predicted molar refractivity (Wildman–Crippen MR) is 76.6 cm³/mol. The maximum Gasteiger partial charge on any atom is 0.257 e. The van der Waals surface area contributed by atoms with Crippen LogP contribution in [0.2, 0.25) is 5.28 Å². The average Bonchev–Trinajstić information content (AvgIpc) is 3.16. The molecule has 0 fully saturated rings. The van der Waals surface area contributed by atoms with Gasteiger partial charge in [-0.1, -0.05) is 18.2 Å². The monoisotopic (exact) mass is 297 g/mol. The second-order valence-corrected chi connectivity index (χ2v) is 4.63. The second kappa shape index (κ2) is 4.64. The van der Waals surface area contributed by atoms with Gasteiger partial charge in [0.1, 0.15) is 6.33 Å². The molecule has 0 spiro atoms. The van der Waals surface area contributed by atoms with E-state index in [1.807, 2.05) is 24.3 Å². The fourth-order valence-electron chi connectivity index (χ4n) is 2.05. The molecule has 4 rings (SSSR count). The van der Waals surface area contributed by atoms with Gasteiger partial charge in [0.05, 0.1) is 11.7 Å². The van der Waals surface area contributed by atoms with Gasteiger partial charge in [0, 0.05) is 17.8 Å². The van der Waals surface area contributed by atoms with Crippen LogP contribution in [-0.2, 0) is 0 Å². The van der Waals surface area contributed by atoms with E-state index in [9.17, 15) is 0 Å². The van der Waals surface area contributed by atoms with E-state index >= 15 is 0 Å². The zero-order chi connectivity index (χ0) is 14.2. The molecule has 8 heteroatoms. The highest BCUT2D eigenvalue weighted by Gasteiger charge is 2.11. The fraction of sp³-hybridized carbons (Fsp3) is 0. The lowest BCUT2D eigenvalue weighted by atomic mass is 10.3. The van der Waals surface area contributed by atoms with Gasteiger partial charge in [-0.05, 0) is 17.7 Å². The summed E-state index contributed by atoms with van der Waals surface area (Å²) >= 11 is 6.00. The molecule has 0 radical (unpaired) electrons. The number of benzene rings is 1. The summed E-state index contributed by atoms with van der Waals surface area (Å²) in [5, 5.41) is 5.41. The first-order valence-corrected chi connectivity index (χ1v) is 6.52. The third-order valence-corrected chi connectivity index (χ3v) is 3.16. The van der Waals surface area contributed by atoms with E-state index in [0.717, 1.165) is 10.9 Å². The number of rotatable bonds is 2. The summed E-state index contributed by atoms with van der Waals surface area (Å²) in [6, 6.07) is 7.79. The number of para-hydroxylation sites is 1. The van der Waals surface area contributed by atoms with Crippen molar-refractivity contribution in [3.8, 4) is 11.9 Å². The lowest BCUT2D eigenvalue weighted by Crippen LogP contribution is -2.08. The molecule has 0 aliphatic rings. The van der Waals surface area contributed by atoms with E-state index in [0.29, 0.717) is 11.9 Å². The molecule has 0 saturated carbocycles. The van der Waals surface area contributed by atoms with Crippen molar-refractivity contribution in [3.63, 3.8) is 0 Å². The van der Waals surface area contributed by atoms with Crippen molar-refractivity contribution in [1.29, 1.82) is 0 Å². The molecule has 0 N–H and O–H groups in total. The van der Waals surface area contributed by atoms with Crippen molar-refractivity contribution in [2.24, 2.45) is 0 Å². The highest BCUT2D eigenvalue weighted by molar-refractivity contribution is 6.28. The highest BCUT2D eigenvalue weighted by atomic mass is 35.5. The number of hydrogen-bond acceptors (Lipinski definition) is 5. The smallest absolute Gasteiger partial charge is 0.257 e. The zero-order valence-electron chi connectivity index (χ0n) is 10.6. The van der Waals surface area contributed by atoms with Gasteiger partial charge >= 0.3 is 0 Å². The predicted octanol–water partition coefficient (Wildman–Crippen LogP) is 2.05. The molecule has 7 nitrogen and oxygen atoms in total. The molecule has 0 atom stereocenters. The van der Waals surface area contributed by atoms with E-state index in [1.165, 1.54) is 0 Å². The normalized spacial score (nSPS) is 11.1. The van der Waals surface area contributed by atoms with Crippen LogP contribution in [0.25, 0.3) is 22.8 Å². The van der Waals surface area contributed by atoms with Crippen LogP contribution in [0.15, 0.2) is 49.2 Å². The summed E-state index contributed by atoms with van der Waals surface area (Å²) in [6.45, 7) is 0. The highest BCUT2D eigenvalue weighted by Crippen LogP contribution is 2.17. The SMILES string of the molecule is Clc1nc(-n2ccnc2)nc(-n2ncc3ccccc32)n1. The Kier molecular flexibility index (Phi) is 2.65. The first kappa shape index (κ1) is 12.0. The Morgan fingerprint density at radius 2 is 1.86 bits per heavy atom. The van der Waals surface area contributed by atoms with Crippen molar-refractivity contribution in [3.05, 3.63) is 54.5 Å². The minimum absolute atomic E-state index is 0.100.